The number of carbonyl (C=O) groups excluding carboxylic acids is 1. The number of nitro groups is 1. The van der Waals surface area contributed by atoms with Gasteiger partial charge in [0.05, 0.1) is 18.5 Å². The predicted molar refractivity (Wildman–Crippen MR) is 70.5 cm³/mol. The van der Waals surface area contributed by atoms with Crippen molar-refractivity contribution in [3.8, 4) is 0 Å². The molecule has 0 aliphatic heterocycles. The van der Waals surface area contributed by atoms with Crippen molar-refractivity contribution in [2.24, 2.45) is 0 Å². The minimum atomic E-state index is -0.952. The molecule has 19 heavy (non-hydrogen) atoms. The number of ether oxygens (including phenoxy) is 1. The second kappa shape index (κ2) is 6.46. The highest BCUT2D eigenvalue weighted by atomic mass is 79.9. The van der Waals surface area contributed by atoms with Crippen LogP contribution in [0.5, 0.6) is 0 Å². The lowest BCUT2D eigenvalue weighted by Gasteiger charge is -2.14. The second-order valence-electron chi connectivity index (χ2n) is 3.87. The van der Waals surface area contributed by atoms with Crippen molar-refractivity contribution < 1.29 is 18.8 Å². The van der Waals surface area contributed by atoms with Crippen molar-refractivity contribution in [2.45, 2.75) is 19.4 Å². The van der Waals surface area contributed by atoms with Gasteiger partial charge in [0.15, 0.2) is 0 Å². The first-order valence-electron chi connectivity index (χ1n) is 5.32. The summed E-state index contributed by atoms with van der Waals surface area (Å²) in [5.74, 6) is -1.41. The van der Waals surface area contributed by atoms with E-state index in [2.05, 4.69) is 26.0 Å². The van der Waals surface area contributed by atoms with Gasteiger partial charge in [-0.2, -0.15) is 4.39 Å². The van der Waals surface area contributed by atoms with E-state index in [-0.39, 0.29) is 12.1 Å². The highest BCUT2D eigenvalue weighted by Gasteiger charge is 2.23. The number of esters is 1. The zero-order chi connectivity index (χ0) is 14.6. The Morgan fingerprint density at radius 2 is 2.26 bits per heavy atom. The molecule has 0 heterocycles. The number of carbonyl (C=O) groups is 1. The van der Waals surface area contributed by atoms with Crippen LogP contribution in [0.15, 0.2) is 16.6 Å². The van der Waals surface area contributed by atoms with Crippen molar-refractivity contribution >= 4 is 33.3 Å². The molecule has 1 rings (SSSR count). The molecule has 0 spiro atoms. The van der Waals surface area contributed by atoms with Crippen LogP contribution in [-0.2, 0) is 9.53 Å². The average Bonchev–Trinajstić information content (AvgIpc) is 2.26. The van der Waals surface area contributed by atoms with Gasteiger partial charge in [-0.1, -0.05) is 15.9 Å². The maximum Gasteiger partial charge on any atom is 0.327 e. The monoisotopic (exact) mass is 334 g/mol. The van der Waals surface area contributed by atoms with Crippen molar-refractivity contribution in [2.75, 3.05) is 12.4 Å². The standard InChI is InChI=1S/C11H12BrFN2O4/c1-6(3-10(16)19-2)14-9-5-7(12)4-8(13)11(9)15(17)18/h4-6,14H,3H2,1-2H3/t6-/m1/s1. The third-order valence-corrected chi connectivity index (χ3v) is 2.77. The largest absolute Gasteiger partial charge is 0.469 e. The molecule has 0 saturated carbocycles. The first-order valence-corrected chi connectivity index (χ1v) is 6.11. The molecule has 1 aromatic carbocycles. The van der Waals surface area contributed by atoms with E-state index >= 15 is 0 Å². The molecule has 1 atom stereocenters. The fourth-order valence-electron chi connectivity index (χ4n) is 1.51. The molecule has 0 saturated heterocycles. The number of halogens is 2. The molecule has 0 fully saturated rings. The lowest BCUT2D eigenvalue weighted by molar-refractivity contribution is -0.386. The summed E-state index contributed by atoms with van der Waals surface area (Å²) < 4.78 is 18.4. The normalized spacial score (nSPS) is 11.8. The Balaban J connectivity index is 2.99. The lowest BCUT2D eigenvalue weighted by Crippen LogP contribution is -2.21. The van der Waals surface area contributed by atoms with E-state index in [1.54, 1.807) is 6.92 Å². The van der Waals surface area contributed by atoms with Crippen LogP contribution < -0.4 is 5.32 Å². The van der Waals surface area contributed by atoms with E-state index in [1.165, 1.54) is 13.2 Å². The first-order chi connectivity index (χ1) is 8.85. The summed E-state index contributed by atoms with van der Waals surface area (Å²) in [4.78, 5) is 21.1. The van der Waals surface area contributed by atoms with Crippen molar-refractivity contribution in [1.29, 1.82) is 0 Å². The third kappa shape index (κ3) is 4.16. The lowest BCUT2D eigenvalue weighted by atomic mass is 10.2. The number of rotatable bonds is 5. The van der Waals surface area contributed by atoms with Gasteiger partial charge in [0.25, 0.3) is 0 Å². The maximum atomic E-state index is 13.5. The number of nitrogens with zero attached hydrogens (tertiary/aromatic N) is 1. The third-order valence-electron chi connectivity index (χ3n) is 2.31. The average molecular weight is 335 g/mol. The maximum absolute atomic E-state index is 13.5. The van der Waals surface area contributed by atoms with E-state index in [9.17, 15) is 19.3 Å². The molecule has 8 heteroatoms. The van der Waals surface area contributed by atoms with E-state index in [4.69, 9.17) is 0 Å². The first kappa shape index (κ1) is 15.4. The summed E-state index contributed by atoms with van der Waals surface area (Å²) in [6, 6.07) is 1.96. The molecule has 0 bridgehead atoms. The summed E-state index contributed by atoms with van der Waals surface area (Å²) in [7, 11) is 1.25. The Morgan fingerprint density at radius 3 is 2.79 bits per heavy atom. The van der Waals surface area contributed by atoms with Gasteiger partial charge >= 0.3 is 11.7 Å². The van der Waals surface area contributed by atoms with Crippen LogP contribution in [0.25, 0.3) is 0 Å². The molecule has 0 unspecified atom stereocenters. The van der Waals surface area contributed by atoms with E-state index in [0.29, 0.717) is 4.47 Å². The van der Waals surface area contributed by atoms with Crippen molar-refractivity contribution in [3.63, 3.8) is 0 Å². The Kier molecular flexibility index (Phi) is 5.22. The number of methoxy groups -OCH3 is 1. The molecule has 0 aromatic heterocycles. The Labute approximate surface area is 117 Å². The number of hydrogen-bond acceptors (Lipinski definition) is 5. The molecule has 0 aliphatic rings. The zero-order valence-corrected chi connectivity index (χ0v) is 11.9. The van der Waals surface area contributed by atoms with Gasteiger partial charge in [-0.25, -0.2) is 0 Å². The number of benzene rings is 1. The molecule has 1 N–H and O–H groups in total. The molecule has 0 radical (unpaired) electrons. The Morgan fingerprint density at radius 1 is 1.63 bits per heavy atom. The topological polar surface area (TPSA) is 81.5 Å². The van der Waals surface area contributed by atoms with Gasteiger partial charge in [-0.3, -0.25) is 14.9 Å². The molecular formula is C11H12BrFN2O4. The molecule has 1 aromatic rings. The summed E-state index contributed by atoms with van der Waals surface area (Å²) in [5, 5.41) is 13.6. The highest BCUT2D eigenvalue weighted by Crippen LogP contribution is 2.32. The quantitative estimate of drug-likeness (QED) is 0.508. The van der Waals surface area contributed by atoms with Gasteiger partial charge in [-0.05, 0) is 19.1 Å². The van der Waals surface area contributed by atoms with Gasteiger partial charge in [0, 0.05) is 10.5 Å². The number of nitrogens with one attached hydrogen (secondary N) is 1. The number of nitro benzene ring substituents is 1. The van der Waals surface area contributed by atoms with E-state index in [0.717, 1.165) is 6.07 Å². The minimum Gasteiger partial charge on any atom is -0.469 e. The highest BCUT2D eigenvalue weighted by molar-refractivity contribution is 9.10. The molecule has 6 nitrogen and oxygen atoms in total. The van der Waals surface area contributed by atoms with E-state index < -0.39 is 28.4 Å². The van der Waals surface area contributed by atoms with Crippen LogP contribution >= 0.6 is 15.9 Å². The fourth-order valence-corrected chi connectivity index (χ4v) is 1.94. The zero-order valence-electron chi connectivity index (χ0n) is 10.3. The number of anilines is 1. The van der Waals surface area contributed by atoms with Gasteiger partial charge in [-0.15, -0.1) is 0 Å². The SMILES string of the molecule is COC(=O)C[C@@H](C)Nc1cc(Br)cc(F)c1[N+](=O)[O-]. The summed E-state index contributed by atoms with van der Waals surface area (Å²) in [5.41, 5.74) is -0.645. The predicted octanol–water partition coefficient (Wildman–Crippen LogP) is 2.86. The van der Waals surface area contributed by atoms with Crippen LogP contribution in [-0.4, -0.2) is 24.0 Å². The smallest absolute Gasteiger partial charge is 0.327 e. The summed E-state index contributed by atoms with van der Waals surface area (Å²) in [6.45, 7) is 1.64. The fraction of sp³-hybridized carbons (Fsp3) is 0.364. The molecule has 0 amide bonds. The molecule has 104 valence electrons. The minimum absolute atomic E-state index is 0.00766. The van der Waals surface area contributed by atoms with Crippen LogP contribution in [0.4, 0.5) is 15.8 Å². The molecular weight excluding hydrogens is 323 g/mol. The Hall–Kier alpha value is -1.70. The van der Waals surface area contributed by atoms with E-state index in [1.807, 2.05) is 0 Å². The summed E-state index contributed by atoms with van der Waals surface area (Å²) >= 11 is 3.06. The van der Waals surface area contributed by atoms with Crippen molar-refractivity contribution in [3.05, 3.63) is 32.5 Å². The summed E-state index contributed by atoms with van der Waals surface area (Å²) in [6.07, 6.45) is 0.0157. The van der Waals surface area contributed by atoms with Gasteiger partial charge in [0.2, 0.25) is 5.82 Å². The molecule has 0 aliphatic carbocycles. The second-order valence-corrected chi connectivity index (χ2v) is 4.78. The van der Waals surface area contributed by atoms with Crippen LogP contribution in [0, 0.1) is 15.9 Å². The van der Waals surface area contributed by atoms with Gasteiger partial charge < -0.3 is 10.1 Å². The van der Waals surface area contributed by atoms with Crippen LogP contribution in [0.1, 0.15) is 13.3 Å². The van der Waals surface area contributed by atoms with Crippen molar-refractivity contribution in [1.82, 2.24) is 0 Å². The number of hydrogen-bond donors (Lipinski definition) is 1. The Bertz CT molecular complexity index is 510. The van der Waals surface area contributed by atoms with Crippen LogP contribution in [0.3, 0.4) is 0 Å². The van der Waals surface area contributed by atoms with Crippen LogP contribution in [0.2, 0.25) is 0 Å². The van der Waals surface area contributed by atoms with Gasteiger partial charge in [0.1, 0.15) is 5.69 Å².